The molecule has 1 aliphatic heterocycles. The van der Waals surface area contributed by atoms with Crippen molar-refractivity contribution in [1.82, 2.24) is 9.55 Å². The van der Waals surface area contributed by atoms with E-state index in [0.29, 0.717) is 14.3 Å². The Hall–Kier alpha value is -0.470. The second kappa shape index (κ2) is 4.90. The first-order valence-corrected chi connectivity index (χ1v) is 7.29. The van der Waals surface area contributed by atoms with Gasteiger partial charge in [0.05, 0.1) is 21.2 Å². The summed E-state index contributed by atoms with van der Waals surface area (Å²) in [4.78, 5) is 3.13. The van der Waals surface area contributed by atoms with Crippen LogP contribution in [0.5, 0.6) is 0 Å². The average Bonchev–Trinajstić information content (AvgIpc) is 2.92. The van der Waals surface area contributed by atoms with Crippen LogP contribution in [-0.2, 0) is 11.3 Å². The molecular formula is C12H12FIN2OS. The van der Waals surface area contributed by atoms with Gasteiger partial charge < -0.3 is 14.3 Å². The molecule has 1 unspecified atom stereocenters. The number of aromatic nitrogens is 2. The molecule has 6 heteroatoms. The van der Waals surface area contributed by atoms with Crippen molar-refractivity contribution in [2.24, 2.45) is 5.92 Å². The third-order valence-corrected chi connectivity index (χ3v) is 4.43. The van der Waals surface area contributed by atoms with Gasteiger partial charge in [-0.25, -0.2) is 4.39 Å². The van der Waals surface area contributed by atoms with Crippen molar-refractivity contribution >= 4 is 45.8 Å². The molecule has 1 aliphatic rings. The maximum atomic E-state index is 13.7. The monoisotopic (exact) mass is 378 g/mol. The number of fused-ring (bicyclic) bond motifs is 1. The molecule has 0 bridgehead atoms. The first-order chi connectivity index (χ1) is 8.65. The molecule has 0 radical (unpaired) electrons. The van der Waals surface area contributed by atoms with Crippen molar-refractivity contribution in [1.29, 1.82) is 0 Å². The van der Waals surface area contributed by atoms with Crippen LogP contribution < -0.4 is 0 Å². The maximum absolute atomic E-state index is 13.7. The van der Waals surface area contributed by atoms with Gasteiger partial charge in [0.15, 0.2) is 4.77 Å². The molecule has 3 rings (SSSR count). The van der Waals surface area contributed by atoms with Gasteiger partial charge >= 0.3 is 0 Å². The molecule has 18 heavy (non-hydrogen) atoms. The van der Waals surface area contributed by atoms with Crippen LogP contribution in [0.25, 0.3) is 11.0 Å². The highest BCUT2D eigenvalue weighted by atomic mass is 127. The summed E-state index contributed by atoms with van der Waals surface area (Å²) in [7, 11) is 0. The lowest BCUT2D eigenvalue weighted by Gasteiger charge is -2.09. The lowest BCUT2D eigenvalue weighted by atomic mass is 10.1. The molecule has 1 atom stereocenters. The maximum Gasteiger partial charge on any atom is 0.178 e. The van der Waals surface area contributed by atoms with Crippen LogP contribution in [0.1, 0.15) is 6.42 Å². The van der Waals surface area contributed by atoms with Crippen molar-refractivity contribution in [3.63, 3.8) is 0 Å². The number of hydrogen-bond donors (Lipinski definition) is 1. The van der Waals surface area contributed by atoms with Crippen molar-refractivity contribution in [3.05, 3.63) is 26.3 Å². The molecule has 96 valence electrons. The fourth-order valence-corrected chi connectivity index (χ4v) is 3.07. The fourth-order valence-electron chi connectivity index (χ4n) is 2.32. The number of imidazole rings is 1. The average molecular weight is 378 g/mol. The topological polar surface area (TPSA) is 29.9 Å². The molecule has 1 fully saturated rings. The minimum absolute atomic E-state index is 0.200. The second-order valence-corrected chi connectivity index (χ2v) is 6.10. The van der Waals surface area contributed by atoms with Crippen LogP contribution in [0.3, 0.4) is 0 Å². The number of nitrogens with zero attached hydrogens (tertiary/aromatic N) is 1. The summed E-state index contributed by atoms with van der Waals surface area (Å²) in [5.41, 5.74) is 1.73. The number of aromatic amines is 1. The number of rotatable bonds is 2. The van der Waals surface area contributed by atoms with Gasteiger partial charge in [0.25, 0.3) is 0 Å². The summed E-state index contributed by atoms with van der Waals surface area (Å²) in [6.45, 7) is 2.37. The number of hydrogen-bond acceptors (Lipinski definition) is 2. The summed E-state index contributed by atoms with van der Waals surface area (Å²) < 4.78 is 22.3. The molecule has 0 saturated carbocycles. The molecular weight excluding hydrogens is 366 g/mol. The van der Waals surface area contributed by atoms with Gasteiger partial charge in [-0.15, -0.1) is 0 Å². The molecule has 1 saturated heterocycles. The van der Waals surface area contributed by atoms with E-state index in [0.717, 1.165) is 37.2 Å². The third kappa shape index (κ3) is 2.21. The zero-order valence-electron chi connectivity index (χ0n) is 9.58. The normalized spacial score (nSPS) is 19.8. The van der Waals surface area contributed by atoms with E-state index < -0.39 is 0 Å². The lowest BCUT2D eigenvalue weighted by Crippen LogP contribution is -2.10. The molecule has 2 heterocycles. The van der Waals surface area contributed by atoms with Crippen molar-refractivity contribution < 1.29 is 9.13 Å². The Morgan fingerprint density at radius 3 is 3.11 bits per heavy atom. The van der Waals surface area contributed by atoms with Gasteiger partial charge in [0, 0.05) is 25.1 Å². The van der Waals surface area contributed by atoms with Gasteiger partial charge in [-0.05, 0) is 47.3 Å². The van der Waals surface area contributed by atoms with E-state index >= 15 is 0 Å². The summed E-state index contributed by atoms with van der Waals surface area (Å²) in [5.74, 6) is 0.270. The van der Waals surface area contributed by atoms with Crippen molar-refractivity contribution in [2.75, 3.05) is 13.2 Å². The minimum atomic E-state index is -0.200. The number of benzene rings is 1. The Bertz CT molecular complexity index is 645. The Morgan fingerprint density at radius 1 is 1.56 bits per heavy atom. The highest BCUT2D eigenvalue weighted by molar-refractivity contribution is 14.1. The Morgan fingerprint density at radius 2 is 2.39 bits per heavy atom. The Balaban J connectivity index is 2.07. The second-order valence-electron chi connectivity index (χ2n) is 4.55. The molecule has 0 aliphatic carbocycles. The first kappa shape index (κ1) is 12.6. The number of halogens is 2. The summed E-state index contributed by atoms with van der Waals surface area (Å²) >= 11 is 7.30. The van der Waals surface area contributed by atoms with Crippen LogP contribution >= 0.6 is 34.8 Å². The summed E-state index contributed by atoms with van der Waals surface area (Å²) in [6, 6.07) is 3.35. The van der Waals surface area contributed by atoms with E-state index in [1.54, 1.807) is 12.1 Å². The van der Waals surface area contributed by atoms with E-state index in [4.69, 9.17) is 17.0 Å². The van der Waals surface area contributed by atoms with Crippen molar-refractivity contribution in [2.45, 2.75) is 13.0 Å². The molecule has 0 amide bonds. The highest BCUT2D eigenvalue weighted by Crippen LogP contribution is 2.23. The predicted octanol–water partition coefficient (Wildman–Crippen LogP) is 3.48. The summed E-state index contributed by atoms with van der Waals surface area (Å²) in [5, 5.41) is 0. The molecule has 0 spiro atoms. The van der Waals surface area contributed by atoms with Crippen LogP contribution in [0.15, 0.2) is 12.1 Å². The standard InChI is InChI=1S/C12H12FIN2OS/c13-8-3-11-10(4-9(8)14)15-12(18)16(11)5-7-1-2-17-6-7/h3-4,7H,1-2,5-6H2,(H,15,18). The van der Waals surface area contributed by atoms with Crippen LogP contribution in [0.4, 0.5) is 4.39 Å². The van der Waals surface area contributed by atoms with Gasteiger partial charge in [-0.2, -0.15) is 0 Å². The summed E-state index contributed by atoms with van der Waals surface area (Å²) in [6.07, 6.45) is 1.04. The van der Waals surface area contributed by atoms with Gasteiger partial charge in [-0.1, -0.05) is 0 Å². The van der Waals surface area contributed by atoms with Gasteiger partial charge in [0.2, 0.25) is 0 Å². The largest absolute Gasteiger partial charge is 0.381 e. The quantitative estimate of drug-likeness (QED) is 0.641. The zero-order valence-corrected chi connectivity index (χ0v) is 12.6. The van der Waals surface area contributed by atoms with Crippen LogP contribution in [0.2, 0.25) is 0 Å². The van der Waals surface area contributed by atoms with Crippen LogP contribution in [0, 0.1) is 20.1 Å². The number of nitrogens with one attached hydrogen (secondary N) is 1. The van der Waals surface area contributed by atoms with E-state index in [1.165, 1.54) is 0 Å². The van der Waals surface area contributed by atoms with Gasteiger partial charge in [0.1, 0.15) is 5.82 Å². The van der Waals surface area contributed by atoms with Crippen molar-refractivity contribution in [3.8, 4) is 0 Å². The first-order valence-electron chi connectivity index (χ1n) is 5.80. The Kier molecular flexibility index (Phi) is 3.42. The smallest absolute Gasteiger partial charge is 0.178 e. The van der Waals surface area contributed by atoms with E-state index in [-0.39, 0.29) is 5.82 Å². The predicted molar refractivity (Wildman–Crippen MR) is 78.7 cm³/mol. The molecule has 1 aromatic carbocycles. The Labute approximate surface area is 122 Å². The third-order valence-electron chi connectivity index (χ3n) is 3.28. The molecule has 2 aromatic rings. The van der Waals surface area contributed by atoms with Gasteiger partial charge in [-0.3, -0.25) is 0 Å². The number of H-pyrrole nitrogens is 1. The highest BCUT2D eigenvalue weighted by Gasteiger charge is 2.18. The number of ether oxygens (including phenoxy) is 1. The molecule has 3 nitrogen and oxygen atoms in total. The molecule has 1 N–H and O–H groups in total. The van der Waals surface area contributed by atoms with Crippen LogP contribution in [-0.4, -0.2) is 22.8 Å². The minimum Gasteiger partial charge on any atom is -0.381 e. The lowest BCUT2D eigenvalue weighted by molar-refractivity contribution is 0.182. The van der Waals surface area contributed by atoms with E-state index in [2.05, 4.69) is 4.98 Å². The molecule has 1 aromatic heterocycles. The zero-order chi connectivity index (χ0) is 12.7. The SMILES string of the molecule is Fc1cc2c(cc1I)[nH]c(=S)n2CC1CCOC1. The fraction of sp³-hybridized carbons (Fsp3) is 0.417. The van der Waals surface area contributed by atoms with E-state index in [9.17, 15) is 4.39 Å². The van der Waals surface area contributed by atoms with E-state index in [1.807, 2.05) is 27.2 Å².